The van der Waals surface area contributed by atoms with Gasteiger partial charge in [-0.05, 0) is 37.8 Å². The lowest BCUT2D eigenvalue weighted by atomic mass is 10.1. The van der Waals surface area contributed by atoms with Crippen LogP contribution in [0.25, 0.3) is 0 Å². The molecule has 1 heteroatoms. The molecule has 0 atom stereocenters. The van der Waals surface area contributed by atoms with Crippen molar-refractivity contribution in [1.82, 2.24) is 0 Å². The van der Waals surface area contributed by atoms with Gasteiger partial charge in [-0.1, -0.05) is 54.7 Å². The van der Waals surface area contributed by atoms with Gasteiger partial charge in [0.05, 0.1) is 0 Å². The summed E-state index contributed by atoms with van der Waals surface area (Å²) < 4.78 is 13.3. The summed E-state index contributed by atoms with van der Waals surface area (Å²) in [5.41, 5.74) is 0.811. The third-order valence-corrected chi connectivity index (χ3v) is 2.44. The topological polar surface area (TPSA) is 0 Å². The first-order chi connectivity index (χ1) is 8.34. The van der Waals surface area contributed by atoms with E-state index in [0.717, 1.165) is 24.8 Å². The van der Waals surface area contributed by atoms with Crippen LogP contribution in [0, 0.1) is 5.82 Å². The van der Waals surface area contributed by atoms with Gasteiger partial charge < -0.3 is 0 Å². The van der Waals surface area contributed by atoms with Gasteiger partial charge in [-0.15, -0.1) is 0 Å². The third-order valence-electron chi connectivity index (χ3n) is 2.44. The average Bonchev–Trinajstić information content (AvgIpc) is 2.35. The monoisotopic (exact) mass is 230 g/mol. The first kappa shape index (κ1) is 13.4. The number of aryl methyl sites for hydroxylation is 1. The van der Waals surface area contributed by atoms with Crippen LogP contribution in [0.15, 0.2) is 60.7 Å². The van der Waals surface area contributed by atoms with Crippen LogP contribution in [0.2, 0.25) is 0 Å². The fourth-order valence-corrected chi connectivity index (χ4v) is 1.53. The molecule has 1 aromatic rings. The molecule has 0 spiro atoms. The summed E-state index contributed by atoms with van der Waals surface area (Å²) in [5, 5.41) is 0. The van der Waals surface area contributed by atoms with Crippen molar-refractivity contribution in [2.24, 2.45) is 0 Å². The molecular weight excluding hydrogens is 211 g/mol. The van der Waals surface area contributed by atoms with Gasteiger partial charge in [0.25, 0.3) is 0 Å². The summed E-state index contributed by atoms with van der Waals surface area (Å²) in [7, 11) is 0. The largest absolute Gasteiger partial charge is 0.207 e. The van der Waals surface area contributed by atoms with E-state index in [1.165, 1.54) is 6.07 Å². The predicted octanol–water partition coefficient (Wildman–Crippen LogP) is 4.84. The minimum atomic E-state index is -0.0931. The van der Waals surface area contributed by atoms with Gasteiger partial charge in [-0.3, -0.25) is 0 Å². The molecule has 90 valence electrons. The van der Waals surface area contributed by atoms with Crippen molar-refractivity contribution in [2.75, 3.05) is 0 Å². The lowest BCUT2D eigenvalue weighted by Gasteiger charge is -2.00. The Hall–Kier alpha value is -1.63. The van der Waals surface area contributed by atoms with Crippen molar-refractivity contribution < 1.29 is 4.39 Å². The highest BCUT2D eigenvalue weighted by Crippen LogP contribution is 2.10. The maximum Gasteiger partial charge on any atom is 0.126 e. The Balaban J connectivity index is 2.23. The molecular formula is C16H19F. The number of halogens is 1. The molecule has 0 aromatic heterocycles. The molecule has 0 nitrogen and oxygen atoms in total. The maximum absolute atomic E-state index is 13.3. The Morgan fingerprint density at radius 1 is 1.06 bits per heavy atom. The Morgan fingerprint density at radius 2 is 1.82 bits per heavy atom. The van der Waals surface area contributed by atoms with E-state index < -0.39 is 0 Å². The number of allylic oxidation sites excluding steroid dienone is 6. The molecule has 0 bridgehead atoms. The minimum Gasteiger partial charge on any atom is -0.207 e. The van der Waals surface area contributed by atoms with Crippen LogP contribution in [0.4, 0.5) is 4.39 Å². The quantitative estimate of drug-likeness (QED) is 0.484. The second-order valence-corrected chi connectivity index (χ2v) is 3.82. The summed E-state index contributed by atoms with van der Waals surface area (Å²) in [6.07, 6.45) is 14.9. The summed E-state index contributed by atoms with van der Waals surface area (Å²) in [5.74, 6) is -0.0931. The summed E-state index contributed by atoms with van der Waals surface area (Å²) in [4.78, 5) is 0. The lowest BCUT2D eigenvalue weighted by molar-refractivity contribution is 0.605. The number of rotatable bonds is 6. The zero-order valence-corrected chi connectivity index (χ0v) is 10.3. The van der Waals surface area contributed by atoms with E-state index in [2.05, 4.69) is 6.08 Å². The zero-order valence-electron chi connectivity index (χ0n) is 10.3. The summed E-state index contributed by atoms with van der Waals surface area (Å²) >= 11 is 0. The molecule has 0 aliphatic rings. The molecule has 0 unspecified atom stereocenters. The van der Waals surface area contributed by atoms with Crippen LogP contribution in [0.1, 0.15) is 25.3 Å². The van der Waals surface area contributed by atoms with Crippen molar-refractivity contribution in [3.8, 4) is 0 Å². The van der Waals surface area contributed by atoms with Crippen LogP contribution in [-0.2, 0) is 6.42 Å². The molecule has 0 saturated heterocycles. The molecule has 0 heterocycles. The Bertz CT molecular complexity index is 400. The van der Waals surface area contributed by atoms with Crippen molar-refractivity contribution in [1.29, 1.82) is 0 Å². The molecule has 0 aliphatic heterocycles. The second-order valence-electron chi connectivity index (χ2n) is 3.82. The molecule has 17 heavy (non-hydrogen) atoms. The standard InChI is InChI=1S/C16H19F/c1-2-3-4-5-6-7-8-9-12-15-13-10-11-14-16(15)17/h2-7,10-11,13-14H,8-9,12H2,1H3. The second kappa shape index (κ2) is 8.51. The highest BCUT2D eigenvalue weighted by atomic mass is 19.1. The van der Waals surface area contributed by atoms with Gasteiger partial charge in [0.15, 0.2) is 0 Å². The lowest BCUT2D eigenvalue weighted by Crippen LogP contribution is -1.89. The van der Waals surface area contributed by atoms with Crippen LogP contribution in [0.3, 0.4) is 0 Å². The Kier molecular flexibility index (Phi) is 6.73. The molecule has 0 fully saturated rings. The number of hydrogen-bond donors (Lipinski definition) is 0. The fourth-order valence-electron chi connectivity index (χ4n) is 1.53. The predicted molar refractivity (Wildman–Crippen MR) is 72.4 cm³/mol. The van der Waals surface area contributed by atoms with E-state index in [-0.39, 0.29) is 5.82 Å². The summed E-state index contributed by atoms with van der Waals surface area (Å²) in [6.45, 7) is 1.99. The molecule has 0 aliphatic carbocycles. The minimum absolute atomic E-state index is 0.0931. The van der Waals surface area contributed by atoms with E-state index in [4.69, 9.17) is 0 Å². The van der Waals surface area contributed by atoms with Crippen LogP contribution >= 0.6 is 0 Å². The zero-order chi connectivity index (χ0) is 12.3. The van der Waals surface area contributed by atoms with Crippen molar-refractivity contribution in [2.45, 2.75) is 26.2 Å². The van der Waals surface area contributed by atoms with Crippen LogP contribution in [0.5, 0.6) is 0 Å². The number of benzene rings is 1. The van der Waals surface area contributed by atoms with E-state index >= 15 is 0 Å². The van der Waals surface area contributed by atoms with Crippen molar-refractivity contribution in [3.63, 3.8) is 0 Å². The number of unbranched alkanes of at least 4 members (excludes halogenated alkanes) is 1. The number of hydrogen-bond acceptors (Lipinski definition) is 0. The molecule has 1 rings (SSSR count). The van der Waals surface area contributed by atoms with E-state index in [0.29, 0.717) is 0 Å². The van der Waals surface area contributed by atoms with Gasteiger partial charge in [-0.2, -0.15) is 0 Å². The molecule has 1 aromatic carbocycles. The van der Waals surface area contributed by atoms with Gasteiger partial charge in [-0.25, -0.2) is 4.39 Å². The van der Waals surface area contributed by atoms with Crippen LogP contribution in [-0.4, -0.2) is 0 Å². The van der Waals surface area contributed by atoms with E-state index in [9.17, 15) is 4.39 Å². The highest BCUT2D eigenvalue weighted by molar-refractivity contribution is 5.17. The first-order valence-corrected chi connectivity index (χ1v) is 6.02. The van der Waals surface area contributed by atoms with Gasteiger partial charge >= 0.3 is 0 Å². The van der Waals surface area contributed by atoms with E-state index in [1.54, 1.807) is 6.07 Å². The van der Waals surface area contributed by atoms with Crippen molar-refractivity contribution >= 4 is 0 Å². The van der Waals surface area contributed by atoms with Crippen molar-refractivity contribution in [3.05, 3.63) is 72.1 Å². The average molecular weight is 230 g/mol. The third kappa shape index (κ3) is 5.86. The Labute approximate surface area is 103 Å². The Morgan fingerprint density at radius 3 is 2.59 bits per heavy atom. The van der Waals surface area contributed by atoms with E-state index in [1.807, 2.05) is 49.4 Å². The molecule has 0 saturated carbocycles. The molecule has 0 amide bonds. The van der Waals surface area contributed by atoms with Gasteiger partial charge in [0.1, 0.15) is 5.82 Å². The van der Waals surface area contributed by atoms with Gasteiger partial charge in [0.2, 0.25) is 0 Å². The first-order valence-electron chi connectivity index (χ1n) is 6.02. The van der Waals surface area contributed by atoms with Gasteiger partial charge in [0, 0.05) is 0 Å². The fraction of sp³-hybridized carbons (Fsp3) is 0.250. The SMILES string of the molecule is CC=CC=CC=CCCCc1ccccc1F. The molecule has 0 radical (unpaired) electrons. The normalized spacial score (nSPS) is 12.1. The smallest absolute Gasteiger partial charge is 0.126 e. The molecule has 0 N–H and O–H groups in total. The van der Waals surface area contributed by atoms with Crippen LogP contribution < -0.4 is 0 Å². The summed E-state index contributed by atoms with van der Waals surface area (Å²) in [6, 6.07) is 6.98. The highest BCUT2D eigenvalue weighted by Gasteiger charge is 1.98. The maximum atomic E-state index is 13.3.